The zero-order valence-electron chi connectivity index (χ0n) is 16.2. The van der Waals surface area contributed by atoms with Crippen molar-refractivity contribution in [3.63, 3.8) is 0 Å². The van der Waals surface area contributed by atoms with E-state index in [1.807, 2.05) is 24.9 Å². The summed E-state index contributed by atoms with van der Waals surface area (Å²) in [5.74, 6) is -0.212. The number of rotatable bonds is 3. The van der Waals surface area contributed by atoms with E-state index in [0.717, 1.165) is 52.4 Å². The van der Waals surface area contributed by atoms with Crippen molar-refractivity contribution in [1.82, 2.24) is 19.6 Å². The molecule has 0 aliphatic carbocycles. The summed E-state index contributed by atoms with van der Waals surface area (Å²) in [4.78, 5) is 18.9. The summed E-state index contributed by atoms with van der Waals surface area (Å²) in [6, 6.07) is 8.47. The van der Waals surface area contributed by atoms with E-state index in [4.69, 9.17) is 0 Å². The molecule has 4 rings (SSSR count). The lowest BCUT2D eigenvalue weighted by Crippen LogP contribution is -2.44. The summed E-state index contributed by atoms with van der Waals surface area (Å²) in [5, 5.41) is 5.54. The van der Waals surface area contributed by atoms with Gasteiger partial charge in [0, 0.05) is 18.5 Å². The van der Waals surface area contributed by atoms with Gasteiger partial charge in [-0.25, -0.2) is 9.07 Å². The fourth-order valence-electron chi connectivity index (χ4n) is 3.63. The van der Waals surface area contributed by atoms with Gasteiger partial charge in [-0.15, -0.1) is 23.7 Å². The van der Waals surface area contributed by atoms with E-state index in [1.54, 1.807) is 16.8 Å². The van der Waals surface area contributed by atoms with Gasteiger partial charge in [0.1, 0.15) is 10.6 Å². The van der Waals surface area contributed by atoms with Crippen molar-refractivity contribution in [3.8, 4) is 5.69 Å². The maximum Gasteiger partial charge on any atom is 0.264 e. The third kappa shape index (κ3) is 3.79. The van der Waals surface area contributed by atoms with Crippen molar-refractivity contribution < 1.29 is 9.18 Å². The highest BCUT2D eigenvalue weighted by Crippen LogP contribution is 2.31. The molecule has 1 aliphatic rings. The number of amides is 1. The molecule has 5 nitrogen and oxygen atoms in total. The largest absolute Gasteiger partial charge is 0.338 e. The first-order valence-electron chi connectivity index (χ1n) is 9.15. The highest BCUT2D eigenvalue weighted by atomic mass is 35.5. The van der Waals surface area contributed by atoms with Crippen LogP contribution in [-0.4, -0.2) is 58.7 Å². The van der Waals surface area contributed by atoms with Gasteiger partial charge in [-0.1, -0.05) is 0 Å². The molecular weight excluding hydrogens is 399 g/mol. The van der Waals surface area contributed by atoms with E-state index >= 15 is 0 Å². The molecule has 3 heterocycles. The van der Waals surface area contributed by atoms with Crippen LogP contribution in [0.15, 0.2) is 30.3 Å². The van der Waals surface area contributed by atoms with Crippen LogP contribution in [0.4, 0.5) is 4.39 Å². The summed E-state index contributed by atoms with van der Waals surface area (Å²) in [5.41, 5.74) is 1.66. The van der Waals surface area contributed by atoms with Gasteiger partial charge in [-0.3, -0.25) is 4.79 Å². The Kier molecular flexibility index (Phi) is 6.07. The summed E-state index contributed by atoms with van der Waals surface area (Å²) in [6.45, 7) is 3.98. The lowest BCUT2D eigenvalue weighted by atomic mass is 10.0. The summed E-state index contributed by atoms with van der Waals surface area (Å²) < 4.78 is 15.0. The van der Waals surface area contributed by atoms with Crippen LogP contribution >= 0.6 is 23.7 Å². The van der Waals surface area contributed by atoms with E-state index < -0.39 is 0 Å². The Morgan fingerprint density at radius 2 is 1.89 bits per heavy atom. The smallest absolute Gasteiger partial charge is 0.264 e. The Morgan fingerprint density at radius 1 is 1.25 bits per heavy atom. The molecule has 1 saturated heterocycles. The standard InChI is InChI=1S/C20H23FN4OS.ClH/c1-13-17-12-18(19(26)24(3)15-8-10-23(2)11-9-15)27-20(17)25(22-13)16-6-4-14(21)5-7-16;/h4-7,12,15H,8-11H2,1-3H3;1H. The van der Waals surface area contributed by atoms with Crippen LogP contribution in [0.3, 0.4) is 0 Å². The monoisotopic (exact) mass is 422 g/mol. The molecule has 0 radical (unpaired) electrons. The van der Waals surface area contributed by atoms with Gasteiger partial charge in [0.05, 0.1) is 16.3 Å². The normalized spacial score (nSPS) is 15.6. The first-order chi connectivity index (χ1) is 12.9. The Morgan fingerprint density at radius 3 is 2.54 bits per heavy atom. The maximum atomic E-state index is 13.2. The number of hydrogen-bond acceptors (Lipinski definition) is 4. The van der Waals surface area contributed by atoms with Gasteiger partial charge in [0.25, 0.3) is 5.91 Å². The molecular formula is C20H24ClFN4OS. The Labute approximate surface area is 174 Å². The number of hydrogen-bond donors (Lipinski definition) is 0. The first-order valence-corrected chi connectivity index (χ1v) is 9.96. The van der Waals surface area contributed by atoms with Crippen molar-refractivity contribution in [3.05, 3.63) is 46.7 Å². The number of aromatic nitrogens is 2. The molecule has 0 spiro atoms. The highest BCUT2D eigenvalue weighted by molar-refractivity contribution is 7.20. The number of thiophene rings is 1. The second kappa shape index (κ2) is 8.19. The number of carbonyl (C=O) groups is 1. The van der Waals surface area contributed by atoms with Gasteiger partial charge in [0.2, 0.25) is 0 Å². The van der Waals surface area contributed by atoms with Crippen LogP contribution in [0.2, 0.25) is 0 Å². The predicted molar refractivity (Wildman–Crippen MR) is 114 cm³/mol. The molecule has 8 heteroatoms. The van der Waals surface area contributed by atoms with Crippen LogP contribution in [-0.2, 0) is 0 Å². The molecule has 0 atom stereocenters. The molecule has 1 aliphatic heterocycles. The third-order valence-electron chi connectivity index (χ3n) is 5.38. The SMILES string of the molecule is Cc1nn(-c2ccc(F)cc2)c2sc(C(=O)N(C)C3CCN(C)CC3)cc12.Cl. The molecule has 1 aromatic carbocycles. The summed E-state index contributed by atoms with van der Waals surface area (Å²) >= 11 is 1.45. The van der Waals surface area contributed by atoms with Crippen LogP contribution in [0, 0.1) is 12.7 Å². The number of halogens is 2. The third-order valence-corrected chi connectivity index (χ3v) is 6.48. The van der Waals surface area contributed by atoms with E-state index in [0.29, 0.717) is 0 Å². The Hall–Kier alpha value is -1.96. The van der Waals surface area contributed by atoms with Crippen molar-refractivity contribution >= 4 is 39.9 Å². The van der Waals surface area contributed by atoms with Gasteiger partial charge in [-0.2, -0.15) is 5.10 Å². The van der Waals surface area contributed by atoms with Gasteiger partial charge >= 0.3 is 0 Å². The zero-order chi connectivity index (χ0) is 19.1. The number of aryl methyl sites for hydroxylation is 1. The van der Waals surface area contributed by atoms with Crippen molar-refractivity contribution in [2.45, 2.75) is 25.8 Å². The van der Waals surface area contributed by atoms with E-state index in [2.05, 4.69) is 17.0 Å². The average molecular weight is 423 g/mol. The van der Waals surface area contributed by atoms with Gasteiger partial charge in [-0.05, 0) is 70.2 Å². The van der Waals surface area contributed by atoms with Crippen molar-refractivity contribution in [2.24, 2.45) is 0 Å². The molecule has 28 heavy (non-hydrogen) atoms. The lowest BCUT2D eigenvalue weighted by molar-refractivity contribution is 0.0664. The van der Waals surface area contributed by atoms with Crippen molar-refractivity contribution in [1.29, 1.82) is 0 Å². The predicted octanol–water partition coefficient (Wildman–Crippen LogP) is 4.12. The van der Waals surface area contributed by atoms with Crippen molar-refractivity contribution in [2.75, 3.05) is 27.2 Å². The second-order valence-corrected chi connectivity index (χ2v) is 8.28. The van der Waals surface area contributed by atoms with Crippen LogP contribution in [0.5, 0.6) is 0 Å². The van der Waals surface area contributed by atoms with E-state index in [1.165, 1.54) is 23.5 Å². The topological polar surface area (TPSA) is 41.4 Å². The molecule has 1 fully saturated rings. The van der Waals surface area contributed by atoms with Gasteiger partial charge in [0.15, 0.2) is 0 Å². The average Bonchev–Trinajstić information content (AvgIpc) is 3.23. The van der Waals surface area contributed by atoms with E-state index in [-0.39, 0.29) is 30.2 Å². The lowest BCUT2D eigenvalue weighted by Gasteiger charge is -2.34. The number of nitrogens with zero attached hydrogens (tertiary/aromatic N) is 4. The number of fused-ring (bicyclic) bond motifs is 1. The minimum atomic E-state index is -0.277. The molecule has 1 amide bonds. The highest BCUT2D eigenvalue weighted by Gasteiger charge is 2.26. The van der Waals surface area contributed by atoms with Crippen LogP contribution in [0.1, 0.15) is 28.2 Å². The molecule has 2 aromatic heterocycles. The quantitative estimate of drug-likeness (QED) is 0.637. The van der Waals surface area contributed by atoms with Crippen LogP contribution in [0.25, 0.3) is 15.9 Å². The summed E-state index contributed by atoms with van der Waals surface area (Å²) in [7, 11) is 4.02. The molecule has 0 bridgehead atoms. The van der Waals surface area contributed by atoms with Gasteiger partial charge < -0.3 is 9.80 Å². The molecule has 0 saturated carbocycles. The minimum absolute atomic E-state index is 0. The second-order valence-electron chi connectivity index (χ2n) is 7.25. The van der Waals surface area contributed by atoms with E-state index in [9.17, 15) is 9.18 Å². The number of likely N-dealkylation sites (tertiary alicyclic amines) is 1. The molecule has 0 N–H and O–H groups in total. The number of benzene rings is 1. The minimum Gasteiger partial charge on any atom is -0.338 e. The number of carbonyl (C=O) groups excluding carboxylic acids is 1. The number of piperidine rings is 1. The molecule has 150 valence electrons. The maximum absolute atomic E-state index is 13.2. The fourth-order valence-corrected chi connectivity index (χ4v) is 4.80. The van der Waals surface area contributed by atoms with Crippen LogP contribution < -0.4 is 0 Å². The Bertz CT molecular complexity index is 976. The zero-order valence-corrected chi connectivity index (χ0v) is 17.8. The Balaban J connectivity index is 0.00000225. The first kappa shape index (κ1) is 20.8. The molecule has 3 aromatic rings. The fraction of sp³-hybridized carbons (Fsp3) is 0.400. The molecule has 0 unspecified atom stereocenters. The summed E-state index contributed by atoms with van der Waals surface area (Å²) in [6.07, 6.45) is 2.01.